The van der Waals surface area contributed by atoms with Crippen LogP contribution in [-0.4, -0.2) is 25.3 Å². The molecule has 0 fully saturated rings. The molecule has 1 aromatic rings. The molecular weight excluding hydrogens is 280 g/mol. The first-order valence-electron chi connectivity index (χ1n) is 5.37. The van der Waals surface area contributed by atoms with Crippen LogP contribution in [0.1, 0.15) is 25.3 Å². The van der Waals surface area contributed by atoms with E-state index in [0.717, 1.165) is 5.01 Å². The first-order valence-corrected chi connectivity index (χ1v) is 8.21. The van der Waals surface area contributed by atoms with Crippen molar-refractivity contribution < 1.29 is 8.42 Å². The summed E-state index contributed by atoms with van der Waals surface area (Å²) in [6, 6.07) is -0.139. The predicted octanol–water partition coefficient (Wildman–Crippen LogP) is 2.38. The van der Waals surface area contributed by atoms with Crippen LogP contribution < -0.4 is 4.72 Å². The van der Waals surface area contributed by atoms with Gasteiger partial charge in [-0.2, -0.15) is 0 Å². The quantitative estimate of drug-likeness (QED) is 0.820. The Kier molecular flexibility index (Phi) is 5.37. The fourth-order valence-electron chi connectivity index (χ4n) is 1.37. The Bertz CT molecular complexity index is 457. The Labute approximate surface area is 111 Å². The maximum absolute atomic E-state index is 12.1. The van der Waals surface area contributed by atoms with Gasteiger partial charge in [0.1, 0.15) is 0 Å². The molecule has 17 heavy (non-hydrogen) atoms. The summed E-state index contributed by atoms with van der Waals surface area (Å²) in [5.41, 5.74) is 0. The standard InChI is InChI=1S/C10H17ClN2O2S2/c1-7(2)9(4-5-11)13-17(14,15)10-6-12-8(3)16-10/h6-7,9,13H,4-5H2,1-3H3. The van der Waals surface area contributed by atoms with Gasteiger partial charge in [-0.25, -0.2) is 18.1 Å². The summed E-state index contributed by atoms with van der Waals surface area (Å²) >= 11 is 6.85. The zero-order valence-electron chi connectivity index (χ0n) is 10.1. The Balaban J connectivity index is 2.84. The minimum Gasteiger partial charge on any atom is -0.249 e. The van der Waals surface area contributed by atoms with E-state index >= 15 is 0 Å². The van der Waals surface area contributed by atoms with E-state index < -0.39 is 10.0 Å². The lowest BCUT2D eigenvalue weighted by Crippen LogP contribution is -2.38. The molecule has 1 heterocycles. The summed E-state index contributed by atoms with van der Waals surface area (Å²) in [4.78, 5) is 3.95. The van der Waals surface area contributed by atoms with Gasteiger partial charge in [0, 0.05) is 11.9 Å². The molecule has 98 valence electrons. The van der Waals surface area contributed by atoms with E-state index in [-0.39, 0.29) is 16.2 Å². The van der Waals surface area contributed by atoms with Crippen LogP contribution in [0.4, 0.5) is 0 Å². The van der Waals surface area contributed by atoms with Crippen molar-refractivity contribution >= 4 is 33.0 Å². The van der Waals surface area contributed by atoms with E-state index in [0.29, 0.717) is 12.3 Å². The highest BCUT2D eigenvalue weighted by atomic mass is 35.5. The molecule has 0 radical (unpaired) electrons. The highest BCUT2D eigenvalue weighted by Gasteiger charge is 2.23. The topological polar surface area (TPSA) is 59.1 Å². The minimum atomic E-state index is -3.46. The first-order chi connectivity index (χ1) is 7.86. The third kappa shape index (κ3) is 4.21. The third-order valence-electron chi connectivity index (χ3n) is 2.40. The zero-order chi connectivity index (χ0) is 13.1. The monoisotopic (exact) mass is 296 g/mol. The van der Waals surface area contributed by atoms with Gasteiger partial charge in [0.05, 0.1) is 11.2 Å². The van der Waals surface area contributed by atoms with Crippen LogP contribution in [0.3, 0.4) is 0 Å². The number of thiazole rings is 1. The van der Waals surface area contributed by atoms with Gasteiger partial charge in [0.15, 0.2) is 4.21 Å². The highest BCUT2D eigenvalue weighted by molar-refractivity contribution is 7.91. The van der Waals surface area contributed by atoms with E-state index in [1.807, 2.05) is 13.8 Å². The van der Waals surface area contributed by atoms with Gasteiger partial charge >= 0.3 is 0 Å². The van der Waals surface area contributed by atoms with Crippen molar-refractivity contribution in [2.24, 2.45) is 5.92 Å². The average molecular weight is 297 g/mol. The van der Waals surface area contributed by atoms with Gasteiger partial charge in [-0.15, -0.1) is 22.9 Å². The SMILES string of the molecule is Cc1ncc(S(=O)(=O)NC(CCCl)C(C)C)s1. The molecule has 0 aliphatic heterocycles. The molecule has 0 aliphatic rings. The molecule has 0 saturated carbocycles. The number of hydrogen-bond donors (Lipinski definition) is 1. The van der Waals surface area contributed by atoms with Crippen LogP contribution in [0.15, 0.2) is 10.4 Å². The summed E-state index contributed by atoms with van der Waals surface area (Å²) < 4.78 is 27.0. The minimum absolute atomic E-state index is 0.139. The summed E-state index contributed by atoms with van der Waals surface area (Å²) in [5.74, 6) is 0.644. The molecular formula is C10H17ClN2O2S2. The molecule has 1 unspecified atom stereocenters. The predicted molar refractivity (Wildman–Crippen MR) is 71.1 cm³/mol. The van der Waals surface area contributed by atoms with Gasteiger partial charge in [-0.05, 0) is 19.3 Å². The average Bonchev–Trinajstić information content (AvgIpc) is 2.64. The second kappa shape index (κ2) is 6.13. The van der Waals surface area contributed by atoms with Crippen LogP contribution in [0, 0.1) is 12.8 Å². The van der Waals surface area contributed by atoms with Crippen molar-refractivity contribution in [1.29, 1.82) is 0 Å². The van der Waals surface area contributed by atoms with E-state index in [1.54, 1.807) is 6.92 Å². The van der Waals surface area contributed by atoms with Crippen molar-refractivity contribution in [3.63, 3.8) is 0 Å². The number of aromatic nitrogens is 1. The van der Waals surface area contributed by atoms with Crippen molar-refractivity contribution in [3.8, 4) is 0 Å². The van der Waals surface area contributed by atoms with Gasteiger partial charge in [-0.1, -0.05) is 13.8 Å². The largest absolute Gasteiger partial charge is 0.251 e. The van der Waals surface area contributed by atoms with E-state index in [1.165, 1.54) is 17.5 Å². The maximum atomic E-state index is 12.1. The number of alkyl halides is 1. The van der Waals surface area contributed by atoms with Crippen LogP contribution in [0.5, 0.6) is 0 Å². The van der Waals surface area contributed by atoms with Crippen LogP contribution in [-0.2, 0) is 10.0 Å². The summed E-state index contributed by atoms with van der Waals surface area (Å²) in [7, 11) is -3.46. The Morgan fingerprint density at radius 3 is 2.59 bits per heavy atom. The Morgan fingerprint density at radius 1 is 1.53 bits per heavy atom. The lowest BCUT2D eigenvalue weighted by atomic mass is 10.0. The van der Waals surface area contributed by atoms with Gasteiger partial charge < -0.3 is 0 Å². The number of aryl methyl sites for hydroxylation is 1. The number of halogens is 1. The molecule has 0 spiro atoms. The molecule has 0 aromatic carbocycles. The number of rotatable bonds is 6. The lowest BCUT2D eigenvalue weighted by Gasteiger charge is -2.20. The second-order valence-corrected chi connectivity index (χ2v) is 7.70. The van der Waals surface area contributed by atoms with E-state index in [9.17, 15) is 8.42 Å². The molecule has 1 aromatic heterocycles. The van der Waals surface area contributed by atoms with Crippen LogP contribution >= 0.6 is 22.9 Å². The van der Waals surface area contributed by atoms with E-state index in [4.69, 9.17) is 11.6 Å². The summed E-state index contributed by atoms with van der Waals surface area (Å²) in [5, 5.41) is 0.740. The zero-order valence-corrected chi connectivity index (χ0v) is 12.5. The molecule has 0 bridgehead atoms. The Morgan fingerprint density at radius 2 is 2.18 bits per heavy atom. The molecule has 4 nitrogen and oxygen atoms in total. The fraction of sp³-hybridized carbons (Fsp3) is 0.700. The van der Waals surface area contributed by atoms with Crippen LogP contribution in [0.25, 0.3) is 0 Å². The van der Waals surface area contributed by atoms with Crippen molar-refractivity contribution in [3.05, 3.63) is 11.2 Å². The van der Waals surface area contributed by atoms with Crippen molar-refractivity contribution in [1.82, 2.24) is 9.71 Å². The molecule has 7 heteroatoms. The second-order valence-electron chi connectivity index (χ2n) is 4.15. The maximum Gasteiger partial charge on any atom is 0.251 e. The van der Waals surface area contributed by atoms with Crippen LogP contribution in [0.2, 0.25) is 0 Å². The number of nitrogens with zero attached hydrogens (tertiary/aromatic N) is 1. The highest BCUT2D eigenvalue weighted by Crippen LogP contribution is 2.19. The van der Waals surface area contributed by atoms with Gasteiger partial charge in [-0.3, -0.25) is 0 Å². The molecule has 0 saturated heterocycles. The fourth-order valence-corrected chi connectivity index (χ4v) is 4.15. The van der Waals surface area contributed by atoms with Crippen molar-refractivity contribution in [2.45, 2.75) is 37.4 Å². The van der Waals surface area contributed by atoms with Crippen molar-refractivity contribution in [2.75, 3.05) is 5.88 Å². The summed E-state index contributed by atoms with van der Waals surface area (Å²) in [6.07, 6.45) is 2.01. The molecule has 1 N–H and O–H groups in total. The number of sulfonamides is 1. The first kappa shape index (κ1) is 14.9. The molecule has 1 atom stereocenters. The molecule has 0 amide bonds. The summed E-state index contributed by atoms with van der Waals surface area (Å²) in [6.45, 7) is 5.72. The normalized spacial score (nSPS) is 14.2. The molecule has 1 rings (SSSR count). The lowest BCUT2D eigenvalue weighted by molar-refractivity contribution is 0.439. The number of nitrogens with one attached hydrogen (secondary N) is 1. The van der Waals surface area contributed by atoms with E-state index in [2.05, 4.69) is 9.71 Å². The van der Waals surface area contributed by atoms with Gasteiger partial charge in [0.2, 0.25) is 0 Å². The Hall–Kier alpha value is -0.170. The third-order valence-corrected chi connectivity index (χ3v) is 5.48. The smallest absolute Gasteiger partial charge is 0.249 e. The van der Waals surface area contributed by atoms with Gasteiger partial charge in [0.25, 0.3) is 10.0 Å². The number of hydrogen-bond acceptors (Lipinski definition) is 4. The molecule has 0 aliphatic carbocycles.